The Labute approximate surface area is 129 Å². The first kappa shape index (κ1) is 15.6. The first-order valence-corrected chi connectivity index (χ1v) is 7.10. The highest BCUT2D eigenvalue weighted by molar-refractivity contribution is 6.34. The van der Waals surface area contributed by atoms with E-state index in [1.54, 1.807) is 4.68 Å². The predicted molar refractivity (Wildman–Crippen MR) is 83.7 cm³/mol. The van der Waals surface area contributed by atoms with Crippen LogP contribution in [0.2, 0.25) is 5.02 Å². The van der Waals surface area contributed by atoms with E-state index in [1.165, 1.54) is 0 Å². The van der Waals surface area contributed by atoms with Crippen molar-refractivity contribution in [2.45, 2.75) is 40.0 Å². The molecular weight excluding hydrogens is 288 g/mol. The number of carbonyl (C=O) groups is 1. The number of hydrogen-bond acceptors (Lipinski definition) is 2. The van der Waals surface area contributed by atoms with Gasteiger partial charge in [-0.1, -0.05) is 44.5 Å². The number of aryl methyl sites for hydroxylation is 2. The number of rotatable bonds is 2. The van der Waals surface area contributed by atoms with Gasteiger partial charge in [0.25, 0.3) is 0 Å². The van der Waals surface area contributed by atoms with Crippen LogP contribution in [0.5, 0.6) is 0 Å². The molecule has 0 bridgehead atoms. The molecule has 0 aliphatic rings. The van der Waals surface area contributed by atoms with Gasteiger partial charge in [-0.05, 0) is 31.0 Å². The van der Waals surface area contributed by atoms with E-state index in [9.17, 15) is 9.90 Å². The molecule has 0 saturated carbocycles. The highest BCUT2D eigenvalue weighted by Gasteiger charge is 2.30. The SMILES string of the molecule is Cc1ccc(C)c(-n2nc(C(=O)O)c(Cl)c2C(C)(C)C)c1. The van der Waals surface area contributed by atoms with Gasteiger partial charge < -0.3 is 5.11 Å². The second-order valence-electron chi connectivity index (χ2n) is 6.27. The third-order valence-corrected chi connectivity index (χ3v) is 3.69. The van der Waals surface area contributed by atoms with Crippen molar-refractivity contribution in [1.82, 2.24) is 9.78 Å². The maximum atomic E-state index is 11.3. The topological polar surface area (TPSA) is 55.1 Å². The lowest BCUT2D eigenvalue weighted by Crippen LogP contribution is -2.18. The summed E-state index contributed by atoms with van der Waals surface area (Å²) >= 11 is 6.29. The number of carboxylic acid groups (broad SMARTS) is 1. The lowest BCUT2D eigenvalue weighted by atomic mass is 9.91. The molecule has 0 fully saturated rings. The van der Waals surface area contributed by atoms with E-state index < -0.39 is 5.97 Å². The van der Waals surface area contributed by atoms with Crippen molar-refractivity contribution in [3.8, 4) is 5.69 Å². The largest absolute Gasteiger partial charge is 0.476 e. The number of benzene rings is 1. The van der Waals surface area contributed by atoms with Gasteiger partial charge in [0.15, 0.2) is 5.69 Å². The Morgan fingerprint density at radius 1 is 1.29 bits per heavy atom. The standard InChI is InChI=1S/C16H19ClN2O2/c1-9-6-7-10(2)11(8-9)19-14(16(3,4)5)12(17)13(18-19)15(20)21/h6-8H,1-5H3,(H,20,21). The molecule has 2 rings (SSSR count). The van der Waals surface area contributed by atoms with E-state index in [-0.39, 0.29) is 16.1 Å². The molecule has 0 aliphatic heterocycles. The van der Waals surface area contributed by atoms with Crippen molar-refractivity contribution in [3.05, 3.63) is 45.7 Å². The van der Waals surface area contributed by atoms with Crippen LogP contribution < -0.4 is 0 Å². The summed E-state index contributed by atoms with van der Waals surface area (Å²) in [5.41, 5.74) is 3.22. The average molecular weight is 307 g/mol. The second kappa shape index (κ2) is 5.19. The van der Waals surface area contributed by atoms with Crippen LogP contribution in [0.15, 0.2) is 18.2 Å². The van der Waals surface area contributed by atoms with E-state index in [4.69, 9.17) is 11.6 Å². The van der Waals surface area contributed by atoms with Crippen LogP contribution in [-0.4, -0.2) is 20.9 Å². The summed E-state index contributed by atoms with van der Waals surface area (Å²) in [6, 6.07) is 5.99. The number of aromatic carboxylic acids is 1. The summed E-state index contributed by atoms with van der Waals surface area (Å²) in [6.45, 7) is 9.93. The zero-order chi connectivity index (χ0) is 15.9. The second-order valence-corrected chi connectivity index (χ2v) is 6.65. The van der Waals surface area contributed by atoms with E-state index in [0.29, 0.717) is 5.69 Å². The van der Waals surface area contributed by atoms with Crippen LogP contribution in [-0.2, 0) is 5.41 Å². The quantitative estimate of drug-likeness (QED) is 0.907. The van der Waals surface area contributed by atoms with Crippen LogP contribution in [0.3, 0.4) is 0 Å². The molecule has 2 aromatic rings. The number of halogens is 1. The molecule has 0 spiro atoms. The lowest BCUT2D eigenvalue weighted by molar-refractivity contribution is 0.0690. The molecule has 1 heterocycles. The van der Waals surface area contributed by atoms with E-state index in [2.05, 4.69) is 5.10 Å². The van der Waals surface area contributed by atoms with Gasteiger partial charge in [-0.3, -0.25) is 0 Å². The molecule has 0 radical (unpaired) electrons. The van der Waals surface area contributed by atoms with Gasteiger partial charge in [0.2, 0.25) is 0 Å². The fraction of sp³-hybridized carbons (Fsp3) is 0.375. The van der Waals surface area contributed by atoms with Crippen LogP contribution in [0.1, 0.15) is 48.1 Å². The number of nitrogens with zero attached hydrogens (tertiary/aromatic N) is 2. The Morgan fingerprint density at radius 2 is 1.90 bits per heavy atom. The van der Waals surface area contributed by atoms with Crippen molar-refractivity contribution in [2.24, 2.45) is 0 Å². The monoisotopic (exact) mass is 306 g/mol. The molecule has 0 aliphatic carbocycles. The fourth-order valence-electron chi connectivity index (χ4n) is 2.30. The summed E-state index contributed by atoms with van der Waals surface area (Å²) in [5.74, 6) is -1.12. The molecule has 1 aromatic heterocycles. The van der Waals surface area contributed by atoms with Crippen LogP contribution in [0, 0.1) is 13.8 Å². The summed E-state index contributed by atoms with van der Waals surface area (Å²) in [4.78, 5) is 11.3. The Bertz CT molecular complexity index is 712. The molecule has 1 N–H and O–H groups in total. The van der Waals surface area contributed by atoms with Gasteiger partial charge in [0, 0.05) is 5.41 Å². The Morgan fingerprint density at radius 3 is 2.43 bits per heavy atom. The van der Waals surface area contributed by atoms with Gasteiger partial charge in [0.1, 0.15) is 0 Å². The summed E-state index contributed by atoms with van der Waals surface area (Å²) in [6.07, 6.45) is 0. The summed E-state index contributed by atoms with van der Waals surface area (Å²) < 4.78 is 1.66. The van der Waals surface area contributed by atoms with Crippen LogP contribution in [0.4, 0.5) is 0 Å². The maximum absolute atomic E-state index is 11.3. The maximum Gasteiger partial charge on any atom is 0.358 e. The minimum Gasteiger partial charge on any atom is -0.476 e. The van der Waals surface area contributed by atoms with Gasteiger partial charge in [-0.2, -0.15) is 5.10 Å². The van der Waals surface area contributed by atoms with E-state index in [0.717, 1.165) is 16.8 Å². The molecule has 21 heavy (non-hydrogen) atoms. The molecule has 1 aromatic carbocycles. The minimum atomic E-state index is -1.12. The van der Waals surface area contributed by atoms with Crippen molar-refractivity contribution in [2.75, 3.05) is 0 Å². The number of carboxylic acids is 1. The smallest absolute Gasteiger partial charge is 0.358 e. The highest BCUT2D eigenvalue weighted by Crippen LogP contribution is 2.34. The summed E-state index contributed by atoms with van der Waals surface area (Å²) in [7, 11) is 0. The van der Waals surface area contributed by atoms with Gasteiger partial charge >= 0.3 is 5.97 Å². The zero-order valence-electron chi connectivity index (χ0n) is 12.9. The molecule has 0 unspecified atom stereocenters. The lowest BCUT2D eigenvalue weighted by Gasteiger charge is -2.22. The number of aromatic nitrogens is 2. The predicted octanol–water partition coefficient (Wildman–Crippen LogP) is 4.14. The molecule has 0 saturated heterocycles. The highest BCUT2D eigenvalue weighted by atomic mass is 35.5. The van der Waals surface area contributed by atoms with Gasteiger partial charge in [-0.25, -0.2) is 9.48 Å². The van der Waals surface area contributed by atoms with Crippen molar-refractivity contribution < 1.29 is 9.90 Å². The Balaban J connectivity index is 2.82. The van der Waals surface area contributed by atoms with Crippen LogP contribution in [0.25, 0.3) is 5.69 Å². The normalized spacial score (nSPS) is 11.7. The average Bonchev–Trinajstić information content (AvgIpc) is 2.69. The number of hydrogen-bond donors (Lipinski definition) is 1. The molecule has 0 atom stereocenters. The molecule has 4 nitrogen and oxygen atoms in total. The zero-order valence-corrected chi connectivity index (χ0v) is 13.6. The Kier molecular flexibility index (Phi) is 3.85. The first-order valence-electron chi connectivity index (χ1n) is 6.73. The van der Waals surface area contributed by atoms with Crippen molar-refractivity contribution in [3.63, 3.8) is 0 Å². The van der Waals surface area contributed by atoms with Gasteiger partial charge in [-0.15, -0.1) is 0 Å². The molecule has 112 valence electrons. The van der Waals surface area contributed by atoms with E-state index >= 15 is 0 Å². The Hall–Kier alpha value is -1.81. The van der Waals surface area contributed by atoms with Crippen molar-refractivity contribution >= 4 is 17.6 Å². The molecular formula is C16H19ClN2O2. The van der Waals surface area contributed by atoms with Crippen molar-refractivity contribution in [1.29, 1.82) is 0 Å². The van der Waals surface area contributed by atoms with Crippen LogP contribution >= 0.6 is 11.6 Å². The summed E-state index contributed by atoms with van der Waals surface area (Å²) in [5, 5.41) is 13.7. The fourth-order valence-corrected chi connectivity index (χ4v) is 2.79. The molecule has 5 heteroatoms. The minimum absolute atomic E-state index is 0.109. The third kappa shape index (κ3) is 2.81. The first-order chi connectivity index (χ1) is 9.62. The van der Waals surface area contributed by atoms with Gasteiger partial charge in [0.05, 0.1) is 16.4 Å². The van der Waals surface area contributed by atoms with E-state index in [1.807, 2.05) is 52.8 Å². The molecule has 0 amide bonds. The third-order valence-electron chi connectivity index (χ3n) is 3.33.